The van der Waals surface area contributed by atoms with E-state index in [0.717, 1.165) is 19.1 Å². The predicted octanol–water partition coefficient (Wildman–Crippen LogP) is -5.43. The fourth-order valence-corrected chi connectivity index (χ4v) is 5.32. The van der Waals surface area contributed by atoms with E-state index in [4.69, 9.17) is 28.4 Å². The molecule has 260 valence electrons. The van der Waals surface area contributed by atoms with E-state index < -0.39 is 123 Å². The molecule has 1 aromatic carbocycles. The minimum absolute atomic E-state index is 0.0206. The second-order valence-electron chi connectivity index (χ2n) is 10.9. The number of rotatable bonds is 11. The molecule has 3 saturated heterocycles. The molecule has 0 saturated carbocycles. The number of aliphatic hydroxyl groups is 9. The number of carbonyl (C=O) groups excluding carboxylic acids is 1. The number of aliphatic hydroxyl groups excluding tert-OH is 9. The number of nitro benzene ring substituents is 1. The SMILES string of the molecule is CC(=O)N[C@H]1[C@H](O[C@H]2[C@@H](O)[C@@H](CO)O[C@@H](O[C@H]3[C@H](O)[C@@H](O)[C@H](Oc4ccc([N+](=O)[O-])cc4)O[C@@H]3CO)[C@@H]2O)O[C@H](CO)[C@@H](O)[C@@H]1O. The third kappa shape index (κ3) is 7.72. The Morgan fingerprint density at radius 2 is 1.28 bits per heavy atom. The Morgan fingerprint density at radius 3 is 1.85 bits per heavy atom. The van der Waals surface area contributed by atoms with Crippen LogP contribution in [0.3, 0.4) is 0 Å². The number of ether oxygens (including phenoxy) is 6. The molecule has 1 amide bonds. The maximum Gasteiger partial charge on any atom is 0.269 e. The summed E-state index contributed by atoms with van der Waals surface area (Å²) in [5.41, 5.74) is -0.235. The average molecular weight is 667 g/mol. The number of non-ortho nitro benzene ring substituents is 1. The van der Waals surface area contributed by atoms with Crippen LogP contribution in [0.2, 0.25) is 0 Å². The van der Waals surface area contributed by atoms with Crippen molar-refractivity contribution < 1.29 is 84.1 Å². The van der Waals surface area contributed by atoms with Crippen molar-refractivity contribution in [3.8, 4) is 5.75 Å². The first kappa shape index (κ1) is 36.2. The summed E-state index contributed by atoms with van der Waals surface area (Å²) in [6.45, 7) is -1.35. The van der Waals surface area contributed by atoms with Crippen molar-refractivity contribution in [1.29, 1.82) is 0 Å². The van der Waals surface area contributed by atoms with Crippen LogP contribution in [-0.2, 0) is 28.5 Å². The third-order valence-corrected chi connectivity index (χ3v) is 7.78. The first-order chi connectivity index (χ1) is 21.8. The number of hydrogen-bond acceptors (Lipinski definition) is 18. The minimum atomic E-state index is -1.96. The number of nitrogens with zero attached hydrogens (tertiary/aromatic N) is 1. The lowest BCUT2D eigenvalue weighted by Gasteiger charge is -2.48. The van der Waals surface area contributed by atoms with Gasteiger partial charge in [0.2, 0.25) is 12.2 Å². The van der Waals surface area contributed by atoms with Crippen molar-refractivity contribution in [3.05, 3.63) is 34.4 Å². The van der Waals surface area contributed by atoms with Crippen LogP contribution in [0.25, 0.3) is 0 Å². The van der Waals surface area contributed by atoms with E-state index in [-0.39, 0.29) is 11.4 Å². The normalized spacial score (nSPS) is 41.5. The van der Waals surface area contributed by atoms with E-state index in [9.17, 15) is 60.9 Å². The summed E-state index contributed by atoms with van der Waals surface area (Å²) in [7, 11) is 0. The molecule has 3 heterocycles. The molecule has 0 unspecified atom stereocenters. The molecule has 15 atom stereocenters. The van der Waals surface area contributed by atoms with Crippen molar-refractivity contribution in [3.63, 3.8) is 0 Å². The van der Waals surface area contributed by atoms with Gasteiger partial charge in [-0.15, -0.1) is 0 Å². The molecule has 46 heavy (non-hydrogen) atoms. The molecule has 0 spiro atoms. The van der Waals surface area contributed by atoms with Gasteiger partial charge in [-0.3, -0.25) is 14.9 Å². The third-order valence-electron chi connectivity index (χ3n) is 7.78. The van der Waals surface area contributed by atoms with Gasteiger partial charge in [-0.2, -0.15) is 0 Å². The predicted molar refractivity (Wildman–Crippen MR) is 144 cm³/mol. The lowest BCUT2D eigenvalue weighted by Crippen LogP contribution is -2.68. The molecule has 1 aromatic rings. The first-order valence-corrected chi connectivity index (χ1v) is 14.2. The number of nitrogens with one attached hydrogen (secondary N) is 1. The van der Waals surface area contributed by atoms with Gasteiger partial charge in [0.05, 0.1) is 24.7 Å². The molecule has 4 rings (SSSR count). The van der Waals surface area contributed by atoms with Gasteiger partial charge in [-0.1, -0.05) is 0 Å². The smallest absolute Gasteiger partial charge is 0.269 e. The molecule has 20 heteroatoms. The van der Waals surface area contributed by atoms with E-state index in [2.05, 4.69) is 5.32 Å². The Labute approximate surface area is 260 Å². The summed E-state index contributed by atoms with van der Waals surface area (Å²) < 4.78 is 33.5. The monoisotopic (exact) mass is 666 g/mol. The summed E-state index contributed by atoms with van der Waals surface area (Å²) in [5, 5.41) is 107. The van der Waals surface area contributed by atoms with Crippen LogP contribution < -0.4 is 10.1 Å². The minimum Gasteiger partial charge on any atom is -0.462 e. The van der Waals surface area contributed by atoms with Crippen molar-refractivity contribution in [1.82, 2.24) is 5.32 Å². The zero-order valence-corrected chi connectivity index (χ0v) is 24.2. The van der Waals surface area contributed by atoms with Crippen molar-refractivity contribution in [2.45, 2.75) is 99.0 Å². The van der Waals surface area contributed by atoms with E-state index in [0.29, 0.717) is 0 Å². The van der Waals surface area contributed by atoms with Gasteiger partial charge in [0, 0.05) is 19.1 Å². The summed E-state index contributed by atoms with van der Waals surface area (Å²) in [5.74, 6) is -0.651. The van der Waals surface area contributed by atoms with Crippen molar-refractivity contribution in [2.75, 3.05) is 19.8 Å². The van der Waals surface area contributed by atoms with Crippen LogP contribution in [0.4, 0.5) is 5.69 Å². The molecule has 3 aliphatic rings. The van der Waals surface area contributed by atoms with Crippen LogP contribution in [0.5, 0.6) is 5.75 Å². The van der Waals surface area contributed by atoms with Gasteiger partial charge in [0.1, 0.15) is 78.9 Å². The molecule has 20 nitrogen and oxygen atoms in total. The second kappa shape index (κ2) is 15.5. The van der Waals surface area contributed by atoms with Crippen LogP contribution in [0.15, 0.2) is 24.3 Å². The Morgan fingerprint density at radius 1 is 0.739 bits per heavy atom. The Balaban J connectivity index is 1.50. The van der Waals surface area contributed by atoms with Gasteiger partial charge in [0.15, 0.2) is 12.6 Å². The standard InChI is InChI=1S/C26H38N2O18/c1-9(32)27-15-18(35)16(33)12(6-29)42-24(15)46-23-17(34)13(7-30)43-26(21(23)38)45-22-14(8-31)44-25(20(37)19(22)36)41-11-4-2-10(3-5-11)28(39)40/h2-5,12-26,29-31,33-38H,6-8H2,1H3,(H,27,32)/t12-,13-,14-,15-,16-,17+,18-,19-,20-,21-,22-,23+,24+,25-,26+/m1/s1. The fraction of sp³-hybridized carbons (Fsp3) is 0.731. The Kier molecular flexibility index (Phi) is 12.2. The molecule has 0 bridgehead atoms. The summed E-state index contributed by atoms with van der Waals surface area (Å²) >= 11 is 0. The van der Waals surface area contributed by atoms with Crippen LogP contribution >= 0.6 is 0 Å². The quantitative estimate of drug-likeness (QED) is 0.0778. The van der Waals surface area contributed by atoms with Crippen LogP contribution in [0.1, 0.15) is 6.92 Å². The number of benzene rings is 1. The zero-order chi connectivity index (χ0) is 33.9. The highest BCUT2D eigenvalue weighted by molar-refractivity contribution is 5.73. The average Bonchev–Trinajstić information content (AvgIpc) is 3.03. The van der Waals surface area contributed by atoms with Crippen molar-refractivity contribution in [2.24, 2.45) is 0 Å². The topological polar surface area (TPSA) is 310 Å². The lowest BCUT2D eigenvalue weighted by atomic mass is 9.95. The van der Waals surface area contributed by atoms with E-state index in [1.54, 1.807) is 0 Å². The second-order valence-corrected chi connectivity index (χ2v) is 10.9. The first-order valence-electron chi connectivity index (χ1n) is 14.2. The van der Waals surface area contributed by atoms with Crippen LogP contribution in [-0.4, -0.2) is 169 Å². The molecular weight excluding hydrogens is 628 g/mol. The van der Waals surface area contributed by atoms with E-state index in [1.165, 1.54) is 12.1 Å². The molecular formula is C26H38N2O18. The number of hydrogen-bond donors (Lipinski definition) is 10. The van der Waals surface area contributed by atoms with E-state index >= 15 is 0 Å². The zero-order valence-electron chi connectivity index (χ0n) is 24.2. The highest BCUT2D eigenvalue weighted by Gasteiger charge is 2.54. The Bertz CT molecular complexity index is 1160. The molecule has 3 aliphatic heterocycles. The Hall–Kier alpha value is -2.67. The summed E-state index contributed by atoms with van der Waals surface area (Å²) in [4.78, 5) is 22.0. The fourth-order valence-electron chi connectivity index (χ4n) is 5.32. The van der Waals surface area contributed by atoms with Gasteiger partial charge in [0.25, 0.3) is 5.69 Å². The largest absolute Gasteiger partial charge is 0.462 e. The lowest BCUT2D eigenvalue weighted by molar-refractivity contribution is -0.384. The van der Waals surface area contributed by atoms with Crippen LogP contribution in [0, 0.1) is 10.1 Å². The van der Waals surface area contributed by atoms with Gasteiger partial charge in [-0.05, 0) is 12.1 Å². The molecule has 3 fully saturated rings. The summed E-state index contributed by atoms with van der Waals surface area (Å²) in [6.07, 6.45) is -23.7. The maximum absolute atomic E-state index is 11.8. The van der Waals surface area contributed by atoms with E-state index in [1.807, 2.05) is 0 Å². The van der Waals surface area contributed by atoms with Crippen molar-refractivity contribution >= 4 is 11.6 Å². The number of amides is 1. The highest BCUT2D eigenvalue weighted by atomic mass is 16.8. The molecule has 0 radical (unpaired) electrons. The molecule has 0 aromatic heterocycles. The number of carbonyl (C=O) groups is 1. The van der Waals surface area contributed by atoms with Gasteiger partial charge in [-0.25, -0.2) is 0 Å². The van der Waals surface area contributed by atoms with Gasteiger partial charge < -0.3 is 79.7 Å². The summed E-state index contributed by atoms with van der Waals surface area (Å²) in [6, 6.07) is 3.25. The highest BCUT2D eigenvalue weighted by Crippen LogP contribution is 2.33. The molecule has 0 aliphatic carbocycles. The number of nitro groups is 1. The maximum atomic E-state index is 11.8. The van der Waals surface area contributed by atoms with Gasteiger partial charge >= 0.3 is 0 Å². The molecule has 10 N–H and O–H groups in total.